The fraction of sp³-hybridized carbons (Fsp3) is 0.500. The molecule has 1 saturated heterocycles. The maximum atomic E-state index is 11.9. The Morgan fingerprint density at radius 1 is 1.71 bits per heavy atom. The van der Waals surface area contributed by atoms with Crippen LogP contribution in [0.5, 0.6) is 0 Å². The number of morpholine rings is 1. The van der Waals surface area contributed by atoms with Crippen LogP contribution in [0.3, 0.4) is 0 Å². The average molecular weight is 211 g/mol. The highest BCUT2D eigenvalue weighted by atomic mass is 32.1. The van der Waals surface area contributed by atoms with E-state index in [4.69, 9.17) is 4.74 Å². The van der Waals surface area contributed by atoms with E-state index < -0.39 is 0 Å². The molecule has 0 saturated carbocycles. The third-order valence-corrected chi connectivity index (χ3v) is 3.11. The van der Waals surface area contributed by atoms with E-state index in [2.05, 4.69) is 5.32 Å². The normalized spacial score (nSPS) is 22.2. The largest absolute Gasteiger partial charge is 0.378 e. The highest BCUT2D eigenvalue weighted by molar-refractivity contribution is 7.10. The Kier molecular flexibility index (Phi) is 2.96. The molecule has 1 fully saturated rings. The summed E-state index contributed by atoms with van der Waals surface area (Å²) in [6.07, 6.45) is 0. The molecular formula is C10H13NO2S. The SMILES string of the molecule is Cc1cc(C(=O)C2COCCN2)cs1. The zero-order chi connectivity index (χ0) is 9.97. The first-order chi connectivity index (χ1) is 6.77. The predicted molar refractivity (Wildman–Crippen MR) is 56.0 cm³/mol. The van der Waals surface area contributed by atoms with Crippen LogP contribution in [0.1, 0.15) is 15.2 Å². The van der Waals surface area contributed by atoms with Gasteiger partial charge in [-0.25, -0.2) is 0 Å². The van der Waals surface area contributed by atoms with Crippen LogP contribution in [0, 0.1) is 6.92 Å². The topological polar surface area (TPSA) is 38.3 Å². The lowest BCUT2D eigenvalue weighted by atomic mass is 10.1. The van der Waals surface area contributed by atoms with Crippen LogP contribution >= 0.6 is 11.3 Å². The zero-order valence-electron chi connectivity index (χ0n) is 8.08. The highest BCUT2D eigenvalue weighted by Gasteiger charge is 2.22. The smallest absolute Gasteiger partial charge is 0.182 e. The molecule has 0 radical (unpaired) electrons. The second-order valence-electron chi connectivity index (χ2n) is 3.39. The van der Waals surface area contributed by atoms with Gasteiger partial charge in [0.15, 0.2) is 5.78 Å². The minimum Gasteiger partial charge on any atom is -0.378 e. The molecule has 1 aliphatic rings. The minimum absolute atomic E-state index is 0.147. The molecule has 0 amide bonds. The van der Waals surface area contributed by atoms with Crippen molar-refractivity contribution in [1.29, 1.82) is 0 Å². The minimum atomic E-state index is -0.155. The van der Waals surface area contributed by atoms with Gasteiger partial charge in [-0.15, -0.1) is 11.3 Å². The Balaban J connectivity index is 2.07. The van der Waals surface area contributed by atoms with Crippen molar-refractivity contribution in [1.82, 2.24) is 5.32 Å². The Hall–Kier alpha value is -0.710. The van der Waals surface area contributed by atoms with Crippen molar-refractivity contribution in [3.8, 4) is 0 Å². The van der Waals surface area contributed by atoms with Crippen LogP contribution in [-0.4, -0.2) is 31.6 Å². The molecule has 1 atom stereocenters. The summed E-state index contributed by atoms with van der Waals surface area (Å²) in [6.45, 7) is 3.96. The Morgan fingerprint density at radius 3 is 3.14 bits per heavy atom. The van der Waals surface area contributed by atoms with Gasteiger partial charge in [0.25, 0.3) is 0 Å². The van der Waals surface area contributed by atoms with Crippen molar-refractivity contribution >= 4 is 17.1 Å². The number of ketones is 1. The number of hydrogen-bond acceptors (Lipinski definition) is 4. The molecule has 2 heterocycles. The van der Waals surface area contributed by atoms with E-state index in [0.717, 1.165) is 12.1 Å². The number of ether oxygens (including phenoxy) is 1. The Bertz CT molecular complexity index is 329. The van der Waals surface area contributed by atoms with Crippen molar-refractivity contribution in [3.05, 3.63) is 21.9 Å². The molecule has 1 aromatic heterocycles. The Morgan fingerprint density at radius 2 is 2.57 bits per heavy atom. The molecule has 2 rings (SSSR count). The molecule has 1 aromatic rings. The number of carbonyl (C=O) groups is 1. The fourth-order valence-electron chi connectivity index (χ4n) is 1.51. The van der Waals surface area contributed by atoms with Gasteiger partial charge in [-0.05, 0) is 13.0 Å². The molecule has 1 N–H and O–H groups in total. The second kappa shape index (κ2) is 4.21. The third kappa shape index (κ3) is 2.03. The molecule has 0 bridgehead atoms. The number of Topliss-reactive ketones (excluding diaryl/α,β-unsaturated/α-hetero) is 1. The van der Waals surface area contributed by atoms with E-state index in [1.54, 1.807) is 11.3 Å². The van der Waals surface area contributed by atoms with Crippen molar-refractivity contribution in [2.45, 2.75) is 13.0 Å². The maximum Gasteiger partial charge on any atom is 0.182 e. The van der Waals surface area contributed by atoms with Gasteiger partial charge in [-0.1, -0.05) is 0 Å². The standard InChI is InChI=1S/C10H13NO2S/c1-7-4-8(6-14-7)10(12)9-5-13-3-2-11-9/h4,6,9,11H,2-3,5H2,1H3. The monoisotopic (exact) mass is 211 g/mol. The number of aryl methyl sites for hydroxylation is 1. The molecule has 76 valence electrons. The van der Waals surface area contributed by atoms with Crippen LogP contribution in [0.2, 0.25) is 0 Å². The summed E-state index contributed by atoms with van der Waals surface area (Å²) in [6, 6.07) is 1.78. The van der Waals surface area contributed by atoms with E-state index in [9.17, 15) is 4.79 Å². The van der Waals surface area contributed by atoms with E-state index in [0.29, 0.717) is 13.2 Å². The van der Waals surface area contributed by atoms with Gasteiger partial charge >= 0.3 is 0 Å². The molecule has 14 heavy (non-hydrogen) atoms. The van der Waals surface area contributed by atoms with Crippen LogP contribution in [0.4, 0.5) is 0 Å². The van der Waals surface area contributed by atoms with Gasteiger partial charge < -0.3 is 10.1 Å². The van der Waals surface area contributed by atoms with Gasteiger partial charge in [-0.3, -0.25) is 4.79 Å². The first-order valence-electron chi connectivity index (χ1n) is 4.68. The summed E-state index contributed by atoms with van der Waals surface area (Å²) in [5, 5.41) is 5.07. The van der Waals surface area contributed by atoms with Crippen LogP contribution in [0.15, 0.2) is 11.4 Å². The summed E-state index contributed by atoms with van der Waals surface area (Å²) >= 11 is 1.61. The van der Waals surface area contributed by atoms with E-state index >= 15 is 0 Å². The number of carbonyl (C=O) groups excluding carboxylic acids is 1. The lowest BCUT2D eigenvalue weighted by Crippen LogP contribution is -2.46. The van der Waals surface area contributed by atoms with E-state index in [1.807, 2.05) is 18.4 Å². The number of nitrogens with one attached hydrogen (secondary N) is 1. The Labute approximate surface area is 87.1 Å². The van der Waals surface area contributed by atoms with Crippen LogP contribution < -0.4 is 5.32 Å². The van der Waals surface area contributed by atoms with Crippen molar-refractivity contribution in [2.24, 2.45) is 0 Å². The van der Waals surface area contributed by atoms with Gasteiger partial charge in [-0.2, -0.15) is 0 Å². The number of hydrogen-bond donors (Lipinski definition) is 1. The summed E-state index contributed by atoms with van der Waals surface area (Å²) in [7, 11) is 0. The van der Waals surface area contributed by atoms with Gasteiger partial charge in [0.2, 0.25) is 0 Å². The van der Waals surface area contributed by atoms with Crippen LogP contribution in [0.25, 0.3) is 0 Å². The maximum absolute atomic E-state index is 11.9. The first kappa shape index (κ1) is 9.83. The summed E-state index contributed by atoms with van der Waals surface area (Å²) < 4.78 is 5.25. The average Bonchev–Trinajstić information content (AvgIpc) is 2.65. The second-order valence-corrected chi connectivity index (χ2v) is 4.51. The third-order valence-electron chi connectivity index (χ3n) is 2.25. The first-order valence-corrected chi connectivity index (χ1v) is 5.56. The number of thiophene rings is 1. The molecule has 0 spiro atoms. The van der Waals surface area contributed by atoms with E-state index in [-0.39, 0.29) is 11.8 Å². The molecule has 4 heteroatoms. The quantitative estimate of drug-likeness (QED) is 0.748. The summed E-state index contributed by atoms with van der Waals surface area (Å²) in [4.78, 5) is 13.0. The molecule has 1 unspecified atom stereocenters. The fourth-order valence-corrected chi connectivity index (χ4v) is 2.20. The molecular weight excluding hydrogens is 198 g/mol. The van der Waals surface area contributed by atoms with E-state index in [1.165, 1.54) is 4.88 Å². The molecule has 0 aromatic carbocycles. The van der Waals surface area contributed by atoms with Crippen molar-refractivity contribution in [2.75, 3.05) is 19.8 Å². The molecule has 1 aliphatic heterocycles. The summed E-state index contributed by atoms with van der Waals surface area (Å²) in [5.41, 5.74) is 0.801. The summed E-state index contributed by atoms with van der Waals surface area (Å²) in [5.74, 6) is 0.147. The number of rotatable bonds is 2. The van der Waals surface area contributed by atoms with Gasteiger partial charge in [0, 0.05) is 22.4 Å². The predicted octanol–water partition coefficient (Wildman–Crippen LogP) is 1.23. The van der Waals surface area contributed by atoms with Crippen molar-refractivity contribution < 1.29 is 9.53 Å². The lowest BCUT2D eigenvalue weighted by Gasteiger charge is -2.22. The van der Waals surface area contributed by atoms with Gasteiger partial charge in [0.05, 0.1) is 19.3 Å². The highest BCUT2D eigenvalue weighted by Crippen LogP contribution is 2.15. The van der Waals surface area contributed by atoms with Crippen LogP contribution in [-0.2, 0) is 4.74 Å². The zero-order valence-corrected chi connectivity index (χ0v) is 8.89. The molecule has 0 aliphatic carbocycles. The van der Waals surface area contributed by atoms with Gasteiger partial charge in [0.1, 0.15) is 0 Å². The van der Waals surface area contributed by atoms with Crippen molar-refractivity contribution in [3.63, 3.8) is 0 Å². The molecule has 3 nitrogen and oxygen atoms in total. The lowest BCUT2D eigenvalue weighted by molar-refractivity contribution is 0.0608.